The lowest BCUT2D eigenvalue weighted by Gasteiger charge is -2.32. The van der Waals surface area contributed by atoms with Crippen LogP contribution in [0.4, 0.5) is 4.39 Å². The van der Waals surface area contributed by atoms with Crippen LogP contribution in [0.3, 0.4) is 0 Å². The van der Waals surface area contributed by atoms with Gasteiger partial charge in [0.25, 0.3) is 5.91 Å². The van der Waals surface area contributed by atoms with E-state index in [4.69, 9.17) is 0 Å². The number of amides is 1. The number of carbonyl (C=O) groups excluding carboxylic acids is 1. The van der Waals surface area contributed by atoms with Crippen molar-refractivity contribution in [2.24, 2.45) is 5.92 Å². The van der Waals surface area contributed by atoms with Gasteiger partial charge in [0.05, 0.1) is 17.5 Å². The largest absolute Gasteiger partial charge is 0.343 e. The van der Waals surface area contributed by atoms with Crippen molar-refractivity contribution in [1.82, 2.24) is 24.8 Å². The highest BCUT2D eigenvalue weighted by atomic mass is 19.1. The molecule has 0 aliphatic carbocycles. The molecule has 3 heterocycles. The van der Waals surface area contributed by atoms with Crippen LogP contribution in [0.2, 0.25) is 0 Å². The molecule has 138 valence electrons. The highest BCUT2D eigenvalue weighted by Gasteiger charge is 2.26. The summed E-state index contributed by atoms with van der Waals surface area (Å²) in [6, 6.07) is 6.15. The first-order valence-electron chi connectivity index (χ1n) is 9.05. The van der Waals surface area contributed by atoms with Crippen LogP contribution in [0, 0.1) is 11.7 Å². The van der Waals surface area contributed by atoms with Crippen molar-refractivity contribution in [3.8, 4) is 11.5 Å². The summed E-state index contributed by atoms with van der Waals surface area (Å²) >= 11 is 0. The number of benzene rings is 1. The van der Waals surface area contributed by atoms with Crippen molar-refractivity contribution in [3.05, 3.63) is 66.1 Å². The van der Waals surface area contributed by atoms with Crippen molar-refractivity contribution in [2.45, 2.75) is 19.3 Å². The Morgan fingerprint density at radius 2 is 2.11 bits per heavy atom. The van der Waals surface area contributed by atoms with Gasteiger partial charge >= 0.3 is 0 Å². The first kappa shape index (κ1) is 17.3. The zero-order valence-electron chi connectivity index (χ0n) is 14.8. The lowest BCUT2D eigenvalue weighted by atomic mass is 9.93. The molecular formula is C20H20FN5O. The van der Waals surface area contributed by atoms with Crippen molar-refractivity contribution in [1.29, 1.82) is 0 Å². The van der Waals surface area contributed by atoms with E-state index in [9.17, 15) is 9.18 Å². The Morgan fingerprint density at radius 3 is 2.85 bits per heavy atom. The molecule has 1 saturated heterocycles. The van der Waals surface area contributed by atoms with E-state index < -0.39 is 5.82 Å². The molecule has 0 bridgehead atoms. The van der Waals surface area contributed by atoms with Gasteiger partial charge in [-0.15, -0.1) is 0 Å². The van der Waals surface area contributed by atoms with Gasteiger partial charge in [0, 0.05) is 31.7 Å². The van der Waals surface area contributed by atoms with Gasteiger partial charge in [0.1, 0.15) is 11.5 Å². The van der Waals surface area contributed by atoms with Gasteiger partial charge < -0.3 is 9.88 Å². The fourth-order valence-electron chi connectivity index (χ4n) is 3.50. The number of halogens is 1. The third-order valence-corrected chi connectivity index (χ3v) is 4.85. The van der Waals surface area contributed by atoms with Gasteiger partial charge in [-0.05, 0) is 37.3 Å². The molecular weight excluding hydrogens is 345 g/mol. The minimum atomic E-state index is -0.469. The van der Waals surface area contributed by atoms with Crippen LogP contribution in [0.5, 0.6) is 0 Å². The van der Waals surface area contributed by atoms with Crippen molar-refractivity contribution in [3.63, 3.8) is 0 Å². The van der Waals surface area contributed by atoms with Gasteiger partial charge in [-0.1, -0.05) is 12.1 Å². The van der Waals surface area contributed by atoms with Crippen molar-refractivity contribution < 1.29 is 9.18 Å². The Labute approximate surface area is 156 Å². The molecule has 2 aromatic heterocycles. The SMILES string of the molecule is O=C(c1ccccc1F)N1CCC[C@H](Cc2cnc(-c3ncc[nH]3)cn2)C1. The molecule has 3 aromatic rings. The van der Waals surface area contributed by atoms with Crippen molar-refractivity contribution in [2.75, 3.05) is 13.1 Å². The first-order valence-corrected chi connectivity index (χ1v) is 9.05. The van der Waals surface area contributed by atoms with E-state index in [1.165, 1.54) is 6.07 Å². The monoisotopic (exact) mass is 365 g/mol. The van der Waals surface area contributed by atoms with Gasteiger partial charge in [0.2, 0.25) is 0 Å². The van der Waals surface area contributed by atoms with Crippen molar-refractivity contribution >= 4 is 5.91 Å². The molecule has 1 aliphatic rings. The Kier molecular flexibility index (Phi) is 4.91. The van der Waals surface area contributed by atoms with Gasteiger partial charge in [-0.2, -0.15) is 0 Å². The molecule has 1 atom stereocenters. The number of nitrogens with one attached hydrogen (secondary N) is 1. The fourth-order valence-corrected chi connectivity index (χ4v) is 3.50. The molecule has 1 fully saturated rings. The molecule has 6 nitrogen and oxygen atoms in total. The van der Waals surface area contributed by atoms with Crippen LogP contribution < -0.4 is 0 Å². The molecule has 4 rings (SSSR count). The Balaban J connectivity index is 1.41. The topological polar surface area (TPSA) is 74.8 Å². The predicted octanol–water partition coefficient (Wildman–Crippen LogP) is 3.10. The Bertz CT molecular complexity index is 910. The summed E-state index contributed by atoms with van der Waals surface area (Å²) in [6.07, 6.45) is 9.55. The first-order chi connectivity index (χ1) is 13.2. The third-order valence-electron chi connectivity index (χ3n) is 4.85. The number of hydrogen-bond donors (Lipinski definition) is 1. The number of likely N-dealkylation sites (tertiary alicyclic amines) is 1. The quantitative estimate of drug-likeness (QED) is 0.771. The number of imidazole rings is 1. The molecule has 0 radical (unpaired) electrons. The fraction of sp³-hybridized carbons (Fsp3) is 0.300. The molecule has 0 saturated carbocycles. The number of H-pyrrole nitrogens is 1. The Morgan fingerprint density at radius 1 is 1.22 bits per heavy atom. The van der Waals surface area contributed by atoms with E-state index >= 15 is 0 Å². The van der Waals surface area contributed by atoms with Crippen LogP contribution in [-0.4, -0.2) is 43.8 Å². The van der Waals surface area contributed by atoms with E-state index in [-0.39, 0.29) is 11.5 Å². The maximum absolute atomic E-state index is 13.9. The Hall–Kier alpha value is -3.09. The highest BCUT2D eigenvalue weighted by molar-refractivity contribution is 5.94. The standard InChI is InChI=1S/C20H20FN5O/c21-17-6-2-1-5-16(17)20(27)26-9-3-4-14(13-26)10-15-11-25-18(12-24-15)19-22-7-8-23-19/h1-2,5-8,11-12,14H,3-4,9-10,13H2,(H,22,23)/t14-/m1/s1. The van der Waals surface area contributed by atoms with Gasteiger partial charge in [-0.3, -0.25) is 9.78 Å². The molecule has 1 N–H and O–H groups in total. The maximum Gasteiger partial charge on any atom is 0.256 e. The highest BCUT2D eigenvalue weighted by Crippen LogP contribution is 2.22. The summed E-state index contributed by atoms with van der Waals surface area (Å²) < 4.78 is 13.9. The zero-order chi connectivity index (χ0) is 18.6. The average molecular weight is 365 g/mol. The van der Waals surface area contributed by atoms with E-state index in [0.29, 0.717) is 30.5 Å². The molecule has 1 aliphatic heterocycles. The van der Waals surface area contributed by atoms with Crippen LogP contribution >= 0.6 is 0 Å². The maximum atomic E-state index is 13.9. The summed E-state index contributed by atoms with van der Waals surface area (Å²) in [6.45, 7) is 1.27. The summed E-state index contributed by atoms with van der Waals surface area (Å²) in [5.74, 6) is 0.271. The van der Waals surface area contributed by atoms with E-state index in [1.807, 2.05) is 0 Å². The number of nitrogens with zero attached hydrogens (tertiary/aromatic N) is 4. The second-order valence-corrected chi connectivity index (χ2v) is 6.77. The lowest BCUT2D eigenvalue weighted by molar-refractivity contribution is 0.0668. The van der Waals surface area contributed by atoms with Crippen LogP contribution in [-0.2, 0) is 6.42 Å². The average Bonchev–Trinajstić information content (AvgIpc) is 3.23. The number of rotatable bonds is 4. The molecule has 1 aromatic carbocycles. The van der Waals surface area contributed by atoms with E-state index in [0.717, 1.165) is 25.0 Å². The van der Waals surface area contributed by atoms with E-state index in [1.54, 1.807) is 47.9 Å². The smallest absolute Gasteiger partial charge is 0.256 e. The number of hydrogen-bond acceptors (Lipinski definition) is 4. The minimum absolute atomic E-state index is 0.140. The van der Waals surface area contributed by atoms with Crippen LogP contribution in [0.15, 0.2) is 49.1 Å². The van der Waals surface area contributed by atoms with Crippen LogP contribution in [0.25, 0.3) is 11.5 Å². The zero-order valence-corrected chi connectivity index (χ0v) is 14.8. The molecule has 7 heteroatoms. The minimum Gasteiger partial charge on any atom is -0.343 e. The second-order valence-electron chi connectivity index (χ2n) is 6.77. The lowest BCUT2D eigenvalue weighted by Crippen LogP contribution is -2.40. The number of piperidine rings is 1. The molecule has 1 amide bonds. The predicted molar refractivity (Wildman–Crippen MR) is 98.3 cm³/mol. The summed E-state index contributed by atoms with van der Waals surface area (Å²) in [4.78, 5) is 30.5. The normalized spacial score (nSPS) is 17.1. The summed E-state index contributed by atoms with van der Waals surface area (Å²) in [5, 5.41) is 0. The van der Waals surface area contributed by atoms with Gasteiger partial charge in [0.15, 0.2) is 5.82 Å². The third kappa shape index (κ3) is 3.86. The van der Waals surface area contributed by atoms with Gasteiger partial charge in [-0.25, -0.2) is 14.4 Å². The number of carbonyl (C=O) groups is 1. The molecule has 0 unspecified atom stereocenters. The molecule has 27 heavy (non-hydrogen) atoms. The van der Waals surface area contributed by atoms with Crippen LogP contribution in [0.1, 0.15) is 28.9 Å². The van der Waals surface area contributed by atoms with E-state index in [2.05, 4.69) is 19.9 Å². The molecule has 0 spiro atoms. The summed E-state index contributed by atoms with van der Waals surface area (Å²) in [7, 11) is 0. The summed E-state index contributed by atoms with van der Waals surface area (Å²) in [5.41, 5.74) is 1.72. The number of aromatic nitrogens is 4. The number of aromatic amines is 1. The second kappa shape index (κ2) is 7.65.